The smallest absolute Gasteiger partial charge is 0.319 e. The van der Waals surface area contributed by atoms with Crippen LogP contribution in [-0.2, 0) is 4.79 Å². The summed E-state index contributed by atoms with van der Waals surface area (Å²) in [4.78, 5) is 10.9. The van der Waals surface area contributed by atoms with Crippen LogP contribution in [0.1, 0.15) is 26.2 Å². The van der Waals surface area contributed by atoms with Gasteiger partial charge in [-0.3, -0.25) is 4.79 Å². The molecule has 0 aliphatic carbocycles. The van der Waals surface area contributed by atoms with Crippen molar-refractivity contribution in [2.24, 2.45) is 0 Å². The van der Waals surface area contributed by atoms with Gasteiger partial charge in [0, 0.05) is 0 Å². The van der Waals surface area contributed by atoms with Crippen LogP contribution in [0.15, 0.2) is 0 Å². The van der Waals surface area contributed by atoms with E-state index in [1.165, 1.54) is 11.8 Å². The summed E-state index contributed by atoms with van der Waals surface area (Å²) in [6.07, 6.45) is 1.49. The Morgan fingerprint density at radius 2 is 2.42 bits per heavy atom. The minimum atomic E-state index is -0.772. The van der Waals surface area contributed by atoms with Crippen molar-refractivity contribution in [2.45, 2.75) is 37.0 Å². The van der Waals surface area contributed by atoms with Crippen LogP contribution in [-0.4, -0.2) is 32.8 Å². The molecule has 2 unspecified atom stereocenters. The molecule has 0 aromatic heterocycles. The Hall–Kier alpha value is -0.220. The van der Waals surface area contributed by atoms with Crippen LogP contribution in [0.3, 0.4) is 0 Å². The molecule has 70 valence electrons. The summed E-state index contributed by atoms with van der Waals surface area (Å²) in [5.41, 5.74) is 0. The summed E-state index contributed by atoms with van der Waals surface area (Å²) in [5.74, 6) is 0.129. The van der Waals surface area contributed by atoms with E-state index in [-0.39, 0.29) is 0 Å². The molecule has 4 heteroatoms. The number of carboxylic acids is 1. The maximum absolute atomic E-state index is 10.9. The van der Waals surface area contributed by atoms with Gasteiger partial charge in [-0.05, 0) is 31.9 Å². The highest BCUT2D eigenvalue weighted by Crippen LogP contribution is 2.41. The first-order valence-corrected chi connectivity index (χ1v) is 5.11. The number of rotatable bonds is 3. The van der Waals surface area contributed by atoms with E-state index in [0.717, 1.165) is 12.2 Å². The molecule has 1 heterocycles. The molecule has 1 aliphatic heterocycles. The Bertz CT molecular complexity index is 173. The van der Waals surface area contributed by atoms with Crippen LogP contribution in [0.2, 0.25) is 0 Å². The summed E-state index contributed by atoms with van der Waals surface area (Å²) in [7, 11) is 0. The van der Waals surface area contributed by atoms with Crippen LogP contribution >= 0.6 is 11.8 Å². The Morgan fingerprint density at radius 3 is 2.75 bits per heavy atom. The fourth-order valence-corrected chi connectivity index (χ4v) is 3.04. The van der Waals surface area contributed by atoms with E-state index < -0.39 is 16.8 Å². The number of aliphatic carboxylic acids is 1. The summed E-state index contributed by atoms with van der Waals surface area (Å²) < 4.78 is -0.700. The first-order chi connectivity index (χ1) is 5.57. The monoisotopic (exact) mass is 190 g/mol. The van der Waals surface area contributed by atoms with Crippen LogP contribution in [0.5, 0.6) is 0 Å². The van der Waals surface area contributed by atoms with E-state index >= 15 is 0 Å². The minimum Gasteiger partial charge on any atom is -0.480 e. The number of thioether (sulfide) groups is 1. The van der Waals surface area contributed by atoms with E-state index in [0.29, 0.717) is 12.8 Å². The molecule has 1 rings (SSSR count). The van der Waals surface area contributed by atoms with Crippen LogP contribution in [0.4, 0.5) is 0 Å². The molecule has 2 atom stereocenters. The first kappa shape index (κ1) is 9.86. The zero-order chi connectivity index (χ0) is 9.19. The lowest BCUT2D eigenvalue weighted by molar-refractivity contribution is -0.140. The van der Waals surface area contributed by atoms with Crippen molar-refractivity contribution in [1.29, 1.82) is 0 Å². The number of carbonyl (C=O) groups is 1. The van der Waals surface area contributed by atoms with E-state index in [2.05, 4.69) is 0 Å². The molecular weight excluding hydrogens is 176 g/mol. The van der Waals surface area contributed by atoms with Gasteiger partial charge in [-0.25, -0.2) is 0 Å². The van der Waals surface area contributed by atoms with Gasteiger partial charge in [0.05, 0.1) is 6.10 Å². The van der Waals surface area contributed by atoms with Gasteiger partial charge in [0.2, 0.25) is 0 Å². The third-order valence-corrected chi connectivity index (χ3v) is 3.71. The van der Waals surface area contributed by atoms with Crippen LogP contribution in [0, 0.1) is 0 Å². The van der Waals surface area contributed by atoms with Crippen molar-refractivity contribution in [2.75, 3.05) is 5.75 Å². The largest absolute Gasteiger partial charge is 0.480 e. The molecule has 1 fully saturated rings. The number of hydrogen-bond donors (Lipinski definition) is 2. The molecule has 0 saturated carbocycles. The summed E-state index contributed by atoms with van der Waals surface area (Å²) in [5, 5.41) is 18.1. The van der Waals surface area contributed by atoms with E-state index in [4.69, 9.17) is 10.2 Å². The van der Waals surface area contributed by atoms with Gasteiger partial charge in [-0.2, -0.15) is 0 Å². The van der Waals surface area contributed by atoms with Crippen molar-refractivity contribution >= 4 is 17.7 Å². The Labute approximate surface area is 76.2 Å². The summed E-state index contributed by atoms with van der Waals surface area (Å²) in [6.45, 7) is 1.64. The molecule has 1 saturated heterocycles. The van der Waals surface area contributed by atoms with Crippen molar-refractivity contribution in [3.05, 3.63) is 0 Å². The quantitative estimate of drug-likeness (QED) is 0.700. The molecule has 0 radical (unpaired) electrons. The maximum Gasteiger partial charge on any atom is 0.319 e. The third-order valence-electron chi connectivity index (χ3n) is 2.12. The normalized spacial score (nSPS) is 31.8. The van der Waals surface area contributed by atoms with Gasteiger partial charge in [0.1, 0.15) is 4.75 Å². The number of hydrogen-bond acceptors (Lipinski definition) is 3. The van der Waals surface area contributed by atoms with Gasteiger partial charge >= 0.3 is 5.97 Å². The molecule has 3 nitrogen and oxygen atoms in total. The average molecular weight is 190 g/mol. The van der Waals surface area contributed by atoms with Gasteiger partial charge in [0.15, 0.2) is 0 Å². The number of aliphatic hydroxyl groups is 1. The topological polar surface area (TPSA) is 57.5 Å². The first-order valence-electron chi connectivity index (χ1n) is 4.12. The molecular formula is C8H14O3S. The zero-order valence-corrected chi connectivity index (χ0v) is 7.93. The summed E-state index contributed by atoms with van der Waals surface area (Å²) >= 11 is 1.47. The molecule has 0 aromatic carbocycles. The molecule has 0 amide bonds. The second-order valence-electron chi connectivity index (χ2n) is 3.30. The predicted octanol–water partition coefficient (Wildman–Crippen LogP) is 1.11. The predicted molar refractivity (Wildman–Crippen MR) is 48.4 cm³/mol. The SMILES string of the molecule is CC(O)CC1(C(=O)O)CCCS1. The second kappa shape index (κ2) is 3.66. The highest BCUT2D eigenvalue weighted by Gasteiger charge is 2.42. The number of carboxylic acid groups (broad SMARTS) is 1. The van der Waals surface area contributed by atoms with Gasteiger partial charge in [-0.1, -0.05) is 0 Å². The maximum atomic E-state index is 10.9. The Morgan fingerprint density at radius 1 is 1.75 bits per heavy atom. The molecule has 1 aliphatic rings. The lowest BCUT2D eigenvalue weighted by Crippen LogP contribution is -2.35. The highest BCUT2D eigenvalue weighted by atomic mass is 32.2. The molecule has 2 N–H and O–H groups in total. The molecule has 0 bridgehead atoms. The van der Waals surface area contributed by atoms with Crippen molar-refractivity contribution < 1.29 is 15.0 Å². The average Bonchev–Trinajstić information content (AvgIpc) is 2.35. The zero-order valence-electron chi connectivity index (χ0n) is 7.12. The summed E-state index contributed by atoms with van der Waals surface area (Å²) in [6, 6.07) is 0. The van der Waals surface area contributed by atoms with Gasteiger partial charge in [-0.15, -0.1) is 11.8 Å². The lowest BCUT2D eigenvalue weighted by Gasteiger charge is -2.23. The lowest BCUT2D eigenvalue weighted by atomic mass is 9.96. The van der Waals surface area contributed by atoms with Crippen molar-refractivity contribution in [1.82, 2.24) is 0 Å². The van der Waals surface area contributed by atoms with E-state index in [9.17, 15) is 4.79 Å². The standard InChI is InChI=1S/C8H14O3S/c1-6(9)5-8(7(10)11)3-2-4-12-8/h6,9H,2-5H2,1H3,(H,10,11). The fourth-order valence-electron chi connectivity index (χ4n) is 1.59. The van der Waals surface area contributed by atoms with Crippen LogP contribution in [0.25, 0.3) is 0 Å². The number of aliphatic hydroxyl groups excluding tert-OH is 1. The van der Waals surface area contributed by atoms with E-state index in [1.807, 2.05) is 0 Å². The second-order valence-corrected chi connectivity index (χ2v) is 4.78. The highest BCUT2D eigenvalue weighted by molar-refractivity contribution is 8.01. The third kappa shape index (κ3) is 1.93. The van der Waals surface area contributed by atoms with Gasteiger partial charge in [0.25, 0.3) is 0 Å². The Balaban J connectivity index is 2.65. The Kier molecular flexibility index (Phi) is 3.01. The van der Waals surface area contributed by atoms with Crippen molar-refractivity contribution in [3.8, 4) is 0 Å². The van der Waals surface area contributed by atoms with Crippen molar-refractivity contribution in [3.63, 3.8) is 0 Å². The fraction of sp³-hybridized carbons (Fsp3) is 0.875. The van der Waals surface area contributed by atoms with Gasteiger partial charge < -0.3 is 10.2 Å². The molecule has 0 aromatic rings. The van der Waals surface area contributed by atoms with Crippen LogP contribution < -0.4 is 0 Å². The van der Waals surface area contributed by atoms with E-state index in [1.54, 1.807) is 6.92 Å². The minimum absolute atomic E-state index is 0.368. The molecule has 12 heavy (non-hydrogen) atoms. The molecule has 0 spiro atoms.